The van der Waals surface area contributed by atoms with Crippen molar-refractivity contribution in [3.8, 4) is 0 Å². The monoisotopic (exact) mass is 402 g/mol. The van der Waals surface area contributed by atoms with Crippen LogP contribution in [0.1, 0.15) is 19.4 Å². The molecule has 0 heterocycles. The van der Waals surface area contributed by atoms with Crippen LogP contribution in [-0.4, -0.2) is 23.9 Å². The van der Waals surface area contributed by atoms with Gasteiger partial charge in [0.05, 0.1) is 0 Å². The Hall–Kier alpha value is -3.93. The van der Waals surface area contributed by atoms with E-state index in [1.807, 2.05) is 54.6 Å². The van der Waals surface area contributed by atoms with Gasteiger partial charge >= 0.3 is 5.97 Å². The second-order valence-electron chi connectivity index (χ2n) is 6.71. The third-order valence-electron chi connectivity index (χ3n) is 4.34. The van der Waals surface area contributed by atoms with Crippen LogP contribution in [0.5, 0.6) is 0 Å². The van der Waals surface area contributed by atoms with Crippen LogP contribution in [0.25, 0.3) is 16.8 Å². The molecule has 0 aliphatic carbocycles. The van der Waals surface area contributed by atoms with Crippen molar-refractivity contribution in [2.75, 3.05) is 5.32 Å². The van der Waals surface area contributed by atoms with Gasteiger partial charge in [-0.25, -0.2) is 4.79 Å². The number of hydrogen-bond acceptors (Lipinski definition) is 4. The summed E-state index contributed by atoms with van der Waals surface area (Å²) in [5.74, 6) is -1.68. The number of hydrogen-bond donors (Lipinski definition) is 2. The molecule has 0 aliphatic heterocycles. The number of rotatable bonds is 6. The molecule has 0 aromatic heterocycles. The minimum absolute atomic E-state index is 0.0430. The number of nitrogens with one attached hydrogen (secondary N) is 2. The minimum Gasteiger partial charge on any atom is -0.448 e. The zero-order valence-corrected chi connectivity index (χ0v) is 16.7. The van der Waals surface area contributed by atoms with E-state index in [1.54, 1.807) is 18.2 Å². The van der Waals surface area contributed by atoms with E-state index < -0.39 is 23.9 Å². The lowest BCUT2D eigenvalue weighted by Gasteiger charge is -2.16. The Morgan fingerprint density at radius 2 is 1.57 bits per heavy atom. The summed E-state index contributed by atoms with van der Waals surface area (Å²) in [6, 6.07) is 22.2. The first kappa shape index (κ1) is 20.8. The predicted molar refractivity (Wildman–Crippen MR) is 116 cm³/mol. The molecule has 6 heteroatoms. The lowest BCUT2D eigenvalue weighted by Crippen LogP contribution is -2.33. The Bertz CT molecular complexity index is 1100. The molecule has 2 amide bonds. The largest absolute Gasteiger partial charge is 0.448 e. The Morgan fingerprint density at radius 1 is 0.900 bits per heavy atom. The molecule has 0 aliphatic rings. The third kappa shape index (κ3) is 5.32. The SMILES string of the molecule is CC(=O)N/C(=C\c1ccccc1)C(=O)OC(C)C(=O)Nc1cccc2ccccc12. The van der Waals surface area contributed by atoms with Gasteiger partial charge in [0, 0.05) is 18.0 Å². The van der Waals surface area contributed by atoms with Crippen LogP contribution in [-0.2, 0) is 19.1 Å². The van der Waals surface area contributed by atoms with Gasteiger partial charge in [0.15, 0.2) is 6.10 Å². The van der Waals surface area contributed by atoms with Crippen LogP contribution in [0.2, 0.25) is 0 Å². The highest BCUT2D eigenvalue weighted by Crippen LogP contribution is 2.23. The van der Waals surface area contributed by atoms with Crippen molar-refractivity contribution in [3.63, 3.8) is 0 Å². The fraction of sp³-hybridized carbons (Fsp3) is 0.125. The van der Waals surface area contributed by atoms with Crippen molar-refractivity contribution in [3.05, 3.63) is 84.1 Å². The maximum atomic E-state index is 12.6. The molecule has 0 bridgehead atoms. The van der Waals surface area contributed by atoms with E-state index in [0.717, 1.165) is 10.8 Å². The fourth-order valence-electron chi connectivity index (χ4n) is 2.90. The highest BCUT2D eigenvalue weighted by molar-refractivity contribution is 6.05. The molecule has 3 aromatic carbocycles. The van der Waals surface area contributed by atoms with E-state index in [1.165, 1.54) is 19.9 Å². The summed E-state index contributed by atoms with van der Waals surface area (Å²) < 4.78 is 5.30. The quantitative estimate of drug-likeness (QED) is 0.484. The molecule has 1 unspecified atom stereocenters. The summed E-state index contributed by atoms with van der Waals surface area (Å²) in [6.45, 7) is 2.77. The maximum Gasteiger partial charge on any atom is 0.355 e. The van der Waals surface area contributed by atoms with Gasteiger partial charge in [0.1, 0.15) is 5.70 Å². The van der Waals surface area contributed by atoms with Crippen LogP contribution >= 0.6 is 0 Å². The highest BCUT2D eigenvalue weighted by Gasteiger charge is 2.22. The lowest BCUT2D eigenvalue weighted by molar-refractivity contribution is -0.149. The topological polar surface area (TPSA) is 84.5 Å². The van der Waals surface area contributed by atoms with Crippen LogP contribution in [0.15, 0.2) is 78.5 Å². The van der Waals surface area contributed by atoms with Crippen molar-refractivity contribution in [1.29, 1.82) is 0 Å². The number of anilines is 1. The van der Waals surface area contributed by atoms with Gasteiger partial charge in [0.25, 0.3) is 5.91 Å². The van der Waals surface area contributed by atoms with Gasteiger partial charge < -0.3 is 15.4 Å². The Balaban J connectivity index is 1.73. The average Bonchev–Trinajstić information content (AvgIpc) is 2.74. The molecule has 0 spiro atoms. The first-order chi connectivity index (χ1) is 14.4. The maximum absolute atomic E-state index is 12.6. The molecule has 2 N–H and O–H groups in total. The second kappa shape index (κ2) is 9.52. The third-order valence-corrected chi connectivity index (χ3v) is 4.34. The van der Waals surface area contributed by atoms with Gasteiger partial charge in [-0.15, -0.1) is 0 Å². The van der Waals surface area contributed by atoms with E-state index in [4.69, 9.17) is 4.74 Å². The van der Waals surface area contributed by atoms with Crippen LogP contribution in [0.3, 0.4) is 0 Å². The standard InChI is InChI=1S/C24H22N2O4/c1-16(23(28)26-21-14-8-12-19-11-6-7-13-20(19)21)30-24(29)22(25-17(2)27)15-18-9-4-3-5-10-18/h3-16H,1-2H3,(H,25,27)(H,26,28)/b22-15-. The zero-order chi connectivity index (χ0) is 21.5. The van der Waals surface area contributed by atoms with Gasteiger partial charge in [-0.2, -0.15) is 0 Å². The second-order valence-corrected chi connectivity index (χ2v) is 6.71. The van der Waals surface area contributed by atoms with Gasteiger partial charge in [0.2, 0.25) is 5.91 Å². The van der Waals surface area contributed by atoms with Gasteiger partial charge in [-0.3, -0.25) is 9.59 Å². The molecule has 3 aromatic rings. The summed E-state index contributed by atoms with van der Waals surface area (Å²) in [5, 5.41) is 7.13. The average molecular weight is 402 g/mol. The van der Waals surface area contributed by atoms with E-state index in [2.05, 4.69) is 10.6 Å². The smallest absolute Gasteiger partial charge is 0.355 e. The number of carbonyl (C=O) groups is 3. The molecule has 1 atom stereocenters. The van der Waals surface area contributed by atoms with Crippen molar-refractivity contribution < 1.29 is 19.1 Å². The van der Waals surface area contributed by atoms with Crippen LogP contribution in [0, 0.1) is 0 Å². The number of fused-ring (bicyclic) bond motifs is 1. The Kier molecular flexibility index (Phi) is 6.60. The molecular formula is C24H22N2O4. The number of ether oxygens (including phenoxy) is 1. The summed E-state index contributed by atoms with van der Waals surface area (Å²) in [4.78, 5) is 36.7. The molecule has 6 nitrogen and oxygen atoms in total. The number of amides is 2. The Labute approximate surface area is 174 Å². The van der Waals surface area contributed by atoms with Gasteiger partial charge in [-0.1, -0.05) is 66.7 Å². The van der Waals surface area contributed by atoms with E-state index in [9.17, 15) is 14.4 Å². The van der Waals surface area contributed by atoms with Crippen molar-refractivity contribution in [2.45, 2.75) is 20.0 Å². The van der Waals surface area contributed by atoms with E-state index in [0.29, 0.717) is 11.3 Å². The molecule has 0 fully saturated rings. The zero-order valence-electron chi connectivity index (χ0n) is 16.7. The highest BCUT2D eigenvalue weighted by atomic mass is 16.5. The number of benzene rings is 3. The molecule has 0 saturated carbocycles. The van der Waals surface area contributed by atoms with E-state index >= 15 is 0 Å². The molecule has 0 saturated heterocycles. The first-order valence-corrected chi connectivity index (χ1v) is 9.48. The number of carbonyl (C=O) groups excluding carboxylic acids is 3. The van der Waals surface area contributed by atoms with Crippen molar-refractivity contribution in [2.24, 2.45) is 0 Å². The molecular weight excluding hydrogens is 380 g/mol. The lowest BCUT2D eigenvalue weighted by atomic mass is 10.1. The minimum atomic E-state index is -1.07. The summed E-state index contributed by atoms with van der Waals surface area (Å²) in [6.07, 6.45) is 0.434. The summed E-state index contributed by atoms with van der Waals surface area (Å²) in [7, 11) is 0. The van der Waals surface area contributed by atoms with Crippen molar-refractivity contribution >= 4 is 40.3 Å². The fourth-order valence-corrected chi connectivity index (χ4v) is 2.90. The van der Waals surface area contributed by atoms with Gasteiger partial charge in [-0.05, 0) is 30.0 Å². The normalized spacial score (nSPS) is 12.1. The van der Waals surface area contributed by atoms with E-state index in [-0.39, 0.29) is 5.70 Å². The van der Waals surface area contributed by atoms with Crippen LogP contribution < -0.4 is 10.6 Å². The molecule has 0 radical (unpaired) electrons. The summed E-state index contributed by atoms with van der Waals surface area (Å²) >= 11 is 0. The Morgan fingerprint density at radius 3 is 2.30 bits per heavy atom. The number of esters is 1. The predicted octanol–water partition coefficient (Wildman–Crippen LogP) is 3.89. The summed E-state index contributed by atoms with van der Waals surface area (Å²) in [5.41, 5.74) is 1.30. The molecule has 152 valence electrons. The molecule has 30 heavy (non-hydrogen) atoms. The van der Waals surface area contributed by atoms with Crippen LogP contribution in [0.4, 0.5) is 5.69 Å². The van der Waals surface area contributed by atoms with Crippen molar-refractivity contribution in [1.82, 2.24) is 5.32 Å². The molecule has 3 rings (SSSR count). The first-order valence-electron chi connectivity index (χ1n) is 9.48.